The zero-order chi connectivity index (χ0) is 12.0. The largest absolute Gasteiger partial charge is 0.387 e. The zero-order valence-corrected chi connectivity index (χ0v) is 9.66. The van der Waals surface area contributed by atoms with Crippen LogP contribution in [0.5, 0.6) is 0 Å². The van der Waals surface area contributed by atoms with Crippen molar-refractivity contribution < 1.29 is 14.2 Å². The summed E-state index contributed by atoms with van der Waals surface area (Å²) in [6.07, 6.45) is -0.615. The van der Waals surface area contributed by atoms with Crippen molar-refractivity contribution in [1.82, 2.24) is 5.32 Å². The van der Waals surface area contributed by atoms with Crippen molar-refractivity contribution in [2.75, 3.05) is 26.8 Å². The van der Waals surface area contributed by atoms with E-state index >= 15 is 0 Å². The molecule has 2 N–H and O–H groups in total. The fraction of sp³-hybridized carbons (Fsp3) is 0.500. The van der Waals surface area contributed by atoms with Gasteiger partial charge in [0.15, 0.2) is 0 Å². The van der Waals surface area contributed by atoms with Crippen LogP contribution in [0.1, 0.15) is 17.2 Å². The molecule has 3 nitrogen and oxygen atoms in total. The Morgan fingerprint density at radius 3 is 2.88 bits per heavy atom. The molecule has 0 bridgehead atoms. The topological polar surface area (TPSA) is 41.5 Å². The Labute approximate surface area is 95.2 Å². The standard InChI is InChI=1S/C12H18FNO2/c1-9-7-10(3-4-11(9)13)12(15)8-14-5-6-16-2/h3-4,7,12,14-15H,5-6,8H2,1-2H3. The van der Waals surface area contributed by atoms with Gasteiger partial charge in [-0.05, 0) is 24.1 Å². The Morgan fingerprint density at radius 2 is 2.25 bits per heavy atom. The number of nitrogens with one attached hydrogen (secondary N) is 1. The molecule has 0 saturated heterocycles. The van der Waals surface area contributed by atoms with E-state index in [0.29, 0.717) is 25.3 Å². The summed E-state index contributed by atoms with van der Waals surface area (Å²) < 4.78 is 17.9. The molecule has 0 aromatic heterocycles. The smallest absolute Gasteiger partial charge is 0.126 e. The Bertz CT molecular complexity index is 331. The third kappa shape index (κ3) is 3.89. The molecule has 0 saturated carbocycles. The van der Waals surface area contributed by atoms with Gasteiger partial charge in [-0.25, -0.2) is 4.39 Å². The van der Waals surface area contributed by atoms with E-state index in [-0.39, 0.29) is 5.82 Å². The summed E-state index contributed by atoms with van der Waals surface area (Å²) in [6.45, 7) is 3.42. The zero-order valence-electron chi connectivity index (χ0n) is 9.66. The van der Waals surface area contributed by atoms with Gasteiger partial charge in [-0.15, -0.1) is 0 Å². The van der Waals surface area contributed by atoms with Gasteiger partial charge in [0.1, 0.15) is 5.82 Å². The lowest BCUT2D eigenvalue weighted by molar-refractivity contribution is 0.161. The summed E-state index contributed by atoms with van der Waals surface area (Å²) in [4.78, 5) is 0. The van der Waals surface area contributed by atoms with Gasteiger partial charge in [-0.1, -0.05) is 12.1 Å². The Kier molecular flexibility index (Phi) is 5.38. The molecule has 1 unspecified atom stereocenters. The van der Waals surface area contributed by atoms with E-state index in [4.69, 9.17) is 4.74 Å². The minimum atomic E-state index is -0.615. The Morgan fingerprint density at radius 1 is 1.50 bits per heavy atom. The molecule has 0 aliphatic carbocycles. The summed E-state index contributed by atoms with van der Waals surface area (Å²) >= 11 is 0. The minimum Gasteiger partial charge on any atom is -0.387 e. The number of methoxy groups -OCH3 is 1. The van der Waals surface area contributed by atoms with Crippen molar-refractivity contribution in [3.63, 3.8) is 0 Å². The van der Waals surface area contributed by atoms with Crippen molar-refractivity contribution in [1.29, 1.82) is 0 Å². The summed E-state index contributed by atoms with van der Waals surface area (Å²) in [5.41, 5.74) is 1.28. The second-order valence-corrected chi connectivity index (χ2v) is 3.72. The maximum atomic E-state index is 13.0. The van der Waals surface area contributed by atoms with Crippen LogP contribution in [0.25, 0.3) is 0 Å². The molecule has 0 spiro atoms. The maximum absolute atomic E-state index is 13.0. The number of benzene rings is 1. The summed E-state index contributed by atoms with van der Waals surface area (Å²) in [7, 11) is 1.63. The normalized spacial score (nSPS) is 12.8. The third-order valence-electron chi connectivity index (χ3n) is 2.39. The lowest BCUT2D eigenvalue weighted by atomic mass is 10.1. The number of aliphatic hydroxyl groups excluding tert-OH is 1. The van der Waals surface area contributed by atoms with Crippen molar-refractivity contribution in [3.8, 4) is 0 Å². The molecule has 16 heavy (non-hydrogen) atoms. The van der Waals surface area contributed by atoms with Crippen LogP contribution in [0.4, 0.5) is 4.39 Å². The van der Waals surface area contributed by atoms with E-state index in [0.717, 1.165) is 5.56 Å². The van der Waals surface area contributed by atoms with Crippen molar-refractivity contribution in [2.24, 2.45) is 0 Å². The van der Waals surface area contributed by atoms with E-state index in [1.165, 1.54) is 6.07 Å². The van der Waals surface area contributed by atoms with Gasteiger partial charge < -0.3 is 15.2 Å². The molecule has 1 rings (SSSR count). The maximum Gasteiger partial charge on any atom is 0.126 e. The average Bonchev–Trinajstić information content (AvgIpc) is 2.28. The van der Waals surface area contributed by atoms with E-state index < -0.39 is 6.10 Å². The molecule has 0 fully saturated rings. The SMILES string of the molecule is COCCNCC(O)c1ccc(F)c(C)c1. The molecule has 1 aromatic carbocycles. The number of halogens is 1. The van der Waals surface area contributed by atoms with Crippen LogP contribution in [-0.4, -0.2) is 31.9 Å². The van der Waals surface area contributed by atoms with Gasteiger partial charge in [0, 0.05) is 20.2 Å². The number of ether oxygens (including phenoxy) is 1. The first-order valence-electron chi connectivity index (χ1n) is 5.29. The highest BCUT2D eigenvalue weighted by molar-refractivity contribution is 5.25. The van der Waals surface area contributed by atoms with Gasteiger partial charge in [-0.2, -0.15) is 0 Å². The highest BCUT2D eigenvalue weighted by Gasteiger charge is 2.08. The summed E-state index contributed by atoms with van der Waals surface area (Å²) in [6, 6.07) is 4.64. The van der Waals surface area contributed by atoms with Gasteiger partial charge >= 0.3 is 0 Å². The number of aryl methyl sites for hydroxylation is 1. The second kappa shape index (κ2) is 6.58. The molecule has 0 heterocycles. The van der Waals surface area contributed by atoms with Crippen LogP contribution in [0.15, 0.2) is 18.2 Å². The second-order valence-electron chi connectivity index (χ2n) is 3.72. The van der Waals surface area contributed by atoms with Gasteiger partial charge in [0.05, 0.1) is 12.7 Å². The molecular weight excluding hydrogens is 209 g/mol. The van der Waals surface area contributed by atoms with Crippen LogP contribution >= 0.6 is 0 Å². The molecule has 0 aliphatic heterocycles. The molecular formula is C12H18FNO2. The molecule has 0 aliphatic rings. The molecule has 90 valence electrons. The first kappa shape index (κ1) is 13.1. The quantitative estimate of drug-likeness (QED) is 0.722. The van der Waals surface area contributed by atoms with Crippen molar-refractivity contribution >= 4 is 0 Å². The average molecular weight is 227 g/mol. The van der Waals surface area contributed by atoms with E-state index in [1.807, 2.05) is 0 Å². The molecule has 1 atom stereocenters. The van der Waals surface area contributed by atoms with E-state index in [2.05, 4.69) is 5.32 Å². The number of hydrogen-bond donors (Lipinski definition) is 2. The van der Waals surface area contributed by atoms with E-state index in [1.54, 1.807) is 26.2 Å². The van der Waals surface area contributed by atoms with E-state index in [9.17, 15) is 9.50 Å². The fourth-order valence-corrected chi connectivity index (χ4v) is 1.41. The van der Waals surface area contributed by atoms with Crippen molar-refractivity contribution in [3.05, 3.63) is 35.1 Å². The van der Waals surface area contributed by atoms with Crippen LogP contribution in [0.3, 0.4) is 0 Å². The molecule has 4 heteroatoms. The number of aliphatic hydroxyl groups is 1. The van der Waals surface area contributed by atoms with Crippen LogP contribution < -0.4 is 5.32 Å². The van der Waals surface area contributed by atoms with Crippen LogP contribution in [0.2, 0.25) is 0 Å². The molecule has 1 aromatic rings. The highest BCUT2D eigenvalue weighted by atomic mass is 19.1. The number of rotatable bonds is 6. The summed E-state index contributed by atoms with van der Waals surface area (Å²) in [5.74, 6) is -0.247. The molecule has 0 radical (unpaired) electrons. The lowest BCUT2D eigenvalue weighted by Gasteiger charge is -2.12. The Hall–Kier alpha value is -0.970. The van der Waals surface area contributed by atoms with Gasteiger partial charge in [0.2, 0.25) is 0 Å². The highest BCUT2D eigenvalue weighted by Crippen LogP contribution is 2.15. The van der Waals surface area contributed by atoms with Crippen LogP contribution in [-0.2, 0) is 4.74 Å². The number of hydrogen-bond acceptors (Lipinski definition) is 3. The summed E-state index contributed by atoms with van der Waals surface area (Å²) in [5, 5.41) is 12.9. The van der Waals surface area contributed by atoms with Gasteiger partial charge in [0.25, 0.3) is 0 Å². The lowest BCUT2D eigenvalue weighted by Crippen LogP contribution is -2.25. The monoisotopic (exact) mass is 227 g/mol. The predicted octanol–water partition coefficient (Wildman–Crippen LogP) is 1.40. The van der Waals surface area contributed by atoms with Gasteiger partial charge in [-0.3, -0.25) is 0 Å². The first-order valence-corrected chi connectivity index (χ1v) is 5.29. The first-order chi connectivity index (χ1) is 7.65. The van der Waals surface area contributed by atoms with Crippen molar-refractivity contribution in [2.45, 2.75) is 13.0 Å². The molecule has 0 amide bonds. The van der Waals surface area contributed by atoms with Crippen LogP contribution in [0, 0.1) is 12.7 Å². The fourth-order valence-electron chi connectivity index (χ4n) is 1.41. The minimum absolute atomic E-state index is 0.247. The predicted molar refractivity (Wildman–Crippen MR) is 60.8 cm³/mol. The third-order valence-corrected chi connectivity index (χ3v) is 2.39. The Balaban J connectivity index is 2.46.